The summed E-state index contributed by atoms with van der Waals surface area (Å²) in [6.07, 6.45) is 1.98. The molecule has 0 aliphatic heterocycles. The van der Waals surface area contributed by atoms with Crippen LogP contribution in [0, 0.1) is 12.8 Å². The zero-order chi connectivity index (χ0) is 14.4. The SMILES string of the molecule is Cc1ccccc1OCC(=O)NCCNC(=O)C1CC1. The number of hydrogen-bond donors (Lipinski definition) is 2. The standard InChI is InChI=1S/C15H20N2O3/c1-11-4-2-3-5-13(11)20-10-14(18)16-8-9-17-15(19)12-6-7-12/h2-5,12H,6-10H2,1H3,(H,16,18)(H,17,19). The van der Waals surface area contributed by atoms with Gasteiger partial charge in [-0.15, -0.1) is 0 Å². The molecule has 108 valence electrons. The van der Waals surface area contributed by atoms with Crippen molar-refractivity contribution in [2.45, 2.75) is 19.8 Å². The van der Waals surface area contributed by atoms with Crippen LogP contribution in [-0.2, 0) is 9.59 Å². The molecule has 5 heteroatoms. The number of nitrogens with one attached hydrogen (secondary N) is 2. The van der Waals surface area contributed by atoms with Gasteiger partial charge < -0.3 is 15.4 Å². The maximum Gasteiger partial charge on any atom is 0.258 e. The minimum atomic E-state index is -0.186. The first kappa shape index (κ1) is 14.4. The molecule has 2 N–H and O–H groups in total. The molecule has 1 aromatic rings. The summed E-state index contributed by atoms with van der Waals surface area (Å²) in [5.41, 5.74) is 0.997. The molecule has 5 nitrogen and oxygen atoms in total. The Labute approximate surface area is 118 Å². The molecule has 0 atom stereocenters. The Morgan fingerprint density at radius 3 is 2.60 bits per heavy atom. The lowest BCUT2D eigenvalue weighted by Crippen LogP contribution is -2.37. The van der Waals surface area contributed by atoms with Crippen molar-refractivity contribution < 1.29 is 14.3 Å². The number of para-hydroxylation sites is 1. The normalized spacial score (nSPS) is 13.7. The molecule has 1 aromatic carbocycles. The average molecular weight is 276 g/mol. The summed E-state index contributed by atoms with van der Waals surface area (Å²) in [4.78, 5) is 22.9. The maximum atomic E-state index is 11.6. The fraction of sp³-hybridized carbons (Fsp3) is 0.467. The van der Waals surface area contributed by atoms with Crippen LogP contribution in [-0.4, -0.2) is 31.5 Å². The second-order valence-corrected chi connectivity index (χ2v) is 4.97. The Hall–Kier alpha value is -2.04. The van der Waals surface area contributed by atoms with Crippen LogP contribution in [0.5, 0.6) is 5.75 Å². The highest BCUT2D eigenvalue weighted by atomic mass is 16.5. The lowest BCUT2D eigenvalue weighted by atomic mass is 10.2. The zero-order valence-corrected chi connectivity index (χ0v) is 11.6. The highest BCUT2D eigenvalue weighted by Crippen LogP contribution is 2.28. The largest absolute Gasteiger partial charge is 0.484 e. The summed E-state index contributed by atoms with van der Waals surface area (Å²) in [6.45, 7) is 2.81. The van der Waals surface area contributed by atoms with Gasteiger partial charge >= 0.3 is 0 Å². The Morgan fingerprint density at radius 2 is 1.90 bits per heavy atom. The molecule has 0 unspecified atom stereocenters. The number of carbonyl (C=O) groups excluding carboxylic acids is 2. The summed E-state index contributed by atoms with van der Waals surface area (Å²) in [5, 5.41) is 5.50. The Bertz CT molecular complexity index is 484. The van der Waals surface area contributed by atoms with E-state index in [0.717, 1.165) is 18.4 Å². The van der Waals surface area contributed by atoms with E-state index in [1.807, 2.05) is 31.2 Å². The van der Waals surface area contributed by atoms with Gasteiger partial charge in [0.05, 0.1) is 0 Å². The van der Waals surface area contributed by atoms with Crippen LogP contribution in [0.1, 0.15) is 18.4 Å². The van der Waals surface area contributed by atoms with Crippen molar-refractivity contribution in [3.63, 3.8) is 0 Å². The van der Waals surface area contributed by atoms with Gasteiger partial charge in [-0.2, -0.15) is 0 Å². The maximum absolute atomic E-state index is 11.6. The van der Waals surface area contributed by atoms with Gasteiger partial charge in [-0.3, -0.25) is 9.59 Å². The molecule has 1 fully saturated rings. The van der Waals surface area contributed by atoms with Crippen LogP contribution >= 0.6 is 0 Å². The predicted molar refractivity (Wildman–Crippen MR) is 75.4 cm³/mol. The third kappa shape index (κ3) is 4.57. The van der Waals surface area contributed by atoms with Crippen LogP contribution in [0.25, 0.3) is 0 Å². The molecule has 0 aromatic heterocycles. The van der Waals surface area contributed by atoms with Gasteiger partial charge in [0.25, 0.3) is 5.91 Å². The van der Waals surface area contributed by atoms with Gasteiger partial charge in [-0.05, 0) is 31.4 Å². The molecule has 0 bridgehead atoms. The van der Waals surface area contributed by atoms with Crippen molar-refractivity contribution in [3.05, 3.63) is 29.8 Å². The molecular weight excluding hydrogens is 256 g/mol. The van der Waals surface area contributed by atoms with Crippen LogP contribution in [0.4, 0.5) is 0 Å². The summed E-state index contributed by atoms with van der Waals surface area (Å²) in [7, 11) is 0. The highest BCUT2D eigenvalue weighted by molar-refractivity contribution is 5.81. The van der Waals surface area contributed by atoms with Crippen molar-refractivity contribution in [2.24, 2.45) is 5.92 Å². The van der Waals surface area contributed by atoms with E-state index in [0.29, 0.717) is 18.8 Å². The van der Waals surface area contributed by atoms with E-state index in [9.17, 15) is 9.59 Å². The van der Waals surface area contributed by atoms with Crippen LogP contribution in [0.2, 0.25) is 0 Å². The molecule has 0 radical (unpaired) electrons. The summed E-state index contributed by atoms with van der Waals surface area (Å²) in [6, 6.07) is 7.55. The topological polar surface area (TPSA) is 67.4 Å². The third-order valence-corrected chi connectivity index (χ3v) is 3.15. The Morgan fingerprint density at radius 1 is 1.20 bits per heavy atom. The van der Waals surface area contributed by atoms with Gasteiger partial charge in [0.2, 0.25) is 5.91 Å². The second kappa shape index (κ2) is 6.93. The number of rotatable bonds is 7. The van der Waals surface area contributed by atoms with Gasteiger partial charge in [0.15, 0.2) is 6.61 Å². The fourth-order valence-electron chi connectivity index (χ4n) is 1.79. The Balaban J connectivity index is 1.58. The molecule has 0 saturated heterocycles. The molecular formula is C15H20N2O3. The number of amides is 2. The monoisotopic (exact) mass is 276 g/mol. The fourth-order valence-corrected chi connectivity index (χ4v) is 1.79. The minimum Gasteiger partial charge on any atom is -0.484 e. The smallest absolute Gasteiger partial charge is 0.258 e. The van der Waals surface area contributed by atoms with E-state index in [1.54, 1.807) is 0 Å². The third-order valence-electron chi connectivity index (χ3n) is 3.15. The quantitative estimate of drug-likeness (QED) is 0.731. The van der Waals surface area contributed by atoms with Crippen molar-refractivity contribution in [1.82, 2.24) is 10.6 Å². The first-order valence-electron chi connectivity index (χ1n) is 6.89. The predicted octanol–water partition coefficient (Wildman–Crippen LogP) is 1.02. The molecule has 0 heterocycles. The molecule has 2 rings (SSSR count). The first-order valence-corrected chi connectivity index (χ1v) is 6.89. The molecule has 0 spiro atoms. The first-order chi connectivity index (χ1) is 9.66. The highest BCUT2D eigenvalue weighted by Gasteiger charge is 2.28. The lowest BCUT2D eigenvalue weighted by Gasteiger charge is -2.09. The minimum absolute atomic E-state index is 0.0125. The number of aryl methyl sites for hydroxylation is 1. The van der Waals surface area contributed by atoms with Crippen LogP contribution in [0.15, 0.2) is 24.3 Å². The number of ether oxygens (including phenoxy) is 1. The van der Waals surface area contributed by atoms with E-state index >= 15 is 0 Å². The van der Waals surface area contributed by atoms with E-state index < -0.39 is 0 Å². The van der Waals surface area contributed by atoms with E-state index in [4.69, 9.17) is 4.74 Å². The van der Waals surface area contributed by atoms with Crippen molar-refractivity contribution in [3.8, 4) is 5.75 Å². The van der Waals surface area contributed by atoms with Crippen LogP contribution < -0.4 is 15.4 Å². The summed E-state index contributed by atoms with van der Waals surface area (Å²) < 4.78 is 5.43. The molecule has 20 heavy (non-hydrogen) atoms. The van der Waals surface area contributed by atoms with E-state index in [1.165, 1.54) is 0 Å². The summed E-state index contributed by atoms with van der Waals surface area (Å²) >= 11 is 0. The zero-order valence-electron chi connectivity index (χ0n) is 11.6. The van der Waals surface area contributed by atoms with E-state index in [-0.39, 0.29) is 24.3 Å². The van der Waals surface area contributed by atoms with Gasteiger partial charge in [0, 0.05) is 19.0 Å². The van der Waals surface area contributed by atoms with Gasteiger partial charge in [-0.25, -0.2) is 0 Å². The van der Waals surface area contributed by atoms with Gasteiger partial charge in [0.1, 0.15) is 5.75 Å². The van der Waals surface area contributed by atoms with E-state index in [2.05, 4.69) is 10.6 Å². The van der Waals surface area contributed by atoms with Crippen molar-refractivity contribution in [1.29, 1.82) is 0 Å². The Kier molecular flexibility index (Phi) is 4.98. The molecule has 1 aliphatic rings. The van der Waals surface area contributed by atoms with Crippen molar-refractivity contribution in [2.75, 3.05) is 19.7 Å². The van der Waals surface area contributed by atoms with Gasteiger partial charge in [-0.1, -0.05) is 18.2 Å². The average Bonchev–Trinajstić information content (AvgIpc) is 3.27. The van der Waals surface area contributed by atoms with Crippen LogP contribution in [0.3, 0.4) is 0 Å². The summed E-state index contributed by atoms with van der Waals surface area (Å²) in [5.74, 6) is 0.823. The second-order valence-electron chi connectivity index (χ2n) is 4.97. The number of carbonyl (C=O) groups is 2. The van der Waals surface area contributed by atoms with Crippen molar-refractivity contribution >= 4 is 11.8 Å². The molecule has 1 saturated carbocycles. The lowest BCUT2D eigenvalue weighted by molar-refractivity contribution is -0.124. The molecule has 1 aliphatic carbocycles. The molecule has 2 amide bonds. The number of benzene rings is 1. The number of hydrogen-bond acceptors (Lipinski definition) is 3.